The number of sulfone groups is 1. The predicted molar refractivity (Wildman–Crippen MR) is 49.8 cm³/mol. The molecule has 0 saturated carbocycles. The van der Waals surface area contributed by atoms with Gasteiger partial charge in [0.2, 0.25) is 0 Å². The number of fused-ring (bicyclic) bond motifs is 1. The lowest BCUT2D eigenvalue weighted by atomic mass is 10.1. The van der Waals surface area contributed by atoms with Gasteiger partial charge in [-0.05, 0) is 6.42 Å². The molecule has 1 aromatic rings. The number of aromatic amines is 1. The van der Waals surface area contributed by atoms with E-state index in [0.29, 0.717) is 17.8 Å². The molecule has 1 N–H and O–H groups in total. The molecule has 1 aliphatic heterocycles. The molecule has 0 atom stereocenters. The van der Waals surface area contributed by atoms with Crippen LogP contribution in [0.2, 0.25) is 0 Å². The van der Waals surface area contributed by atoms with Crippen LogP contribution in [0.3, 0.4) is 0 Å². The summed E-state index contributed by atoms with van der Waals surface area (Å²) >= 11 is 0. The van der Waals surface area contributed by atoms with Gasteiger partial charge in [-0.3, -0.25) is 9.89 Å². The minimum Gasteiger partial charge on any atom is -0.293 e. The summed E-state index contributed by atoms with van der Waals surface area (Å²) in [4.78, 5) is 11.1. The lowest BCUT2D eigenvalue weighted by Gasteiger charge is -2.11. The van der Waals surface area contributed by atoms with Crippen molar-refractivity contribution in [3.63, 3.8) is 0 Å². The Kier molecular flexibility index (Phi) is 1.95. The normalized spacial score (nSPS) is 18.9. The van der Waals surface area contributed by atoms with Gasteiger partial charge in [0.25, 0.3) is 0 Å². The lowest BCUT2D eigenvalue weighted by Crippen LogP contribution is -2.19. The summed E-state index contributed by atoms with van der Waals surface area (Å²) in [5.74, 6) is -0.0376. The Morgan fingerprint density at radius 3 is 2.86 bits per heavy atom. The summed E-state index contributed by atoms with van der Waals surface area (Å²) in [7, 11) is -2.99. The van der Waals surface area contributed by atoms with Crippen LogP contribution in [0.25, 0.3) is 0 Å². The minimum atomic E-state index is -2.99. The number of aromatic nitrogens is 2. The summed E-state index contributed by atoms with van der Waals surface area (Å²) in [5.41, 5.74) is 1.73. The third kappa shape index (κ3) is 1.45. The van der Waals surface area contributed by atoms with Gasteiger partial charge in [0.15, 0.2) is 15.6 Å². The Labute approximate surface area is 81.4 Å². The molecule has 0 saturated heterocycles. The molecule has 0 aliphatic carbocycles. The second-order valence-corrected chi connectivity index (χ2v) is 5.61. The Morgan fingerprint density at radius 1 is 1.50 bits per heavy atom. The summed E-state index contributed by atoms with van der Waals surface area (Å²) < 4.78 is 22.5. The van der Waals surface area contributed by atoms with E-state index in [0.717, 1.165) is 5.56 Å². The zero-order valence-electron chi connectivity index (χ0n) is 7.70. The smallest absolute Gasteiger partial charge is 0.180 e. The number of hydrogen-bond acceptors (Lipinski definition) is 4. The summed E-state index contributed by atoms with van der Waals surface area (Å²) in [5, 5.41) is 6.44. The third-order valence-electron chi connectivity index (χ3n) is 2.31. The van der Waals surface area contributed by atoms with Crippen molar-refractivity contribution in [2.75, 3.05) is 5.75 Å². The van der Waals surface area contributed by atoms with Gasteiger partial charge >= 0.3 is 0 Å². The second kappa shape index (κ2) is 2.91. The first-order valence-electron chi connectivity index (χ1n) is 4.27. The zero-order chi connectivity index (χ0) is 10.3. The number of H-pyrrole nitrogens is 1. The lowest BCUT2D eigenvalue weighted by molar-refractivity contribution is 0.101. The highest BCUT2D eigenvalue weighted by atomic mass is 32.2. The van der Waals surface area contributed by atoms with E-state index < -0.39 is 9.84 Å². The van der Waals surface area contributed by atoms with Gasteiger partial charge in [0, 0.05) is 12.5 Å². The summed E-state index contributed by atoms with van der Waals surface area (Å²) in [6, 6.07) is 0. The predicted octanol–water partition coefficient (Wildman–Crippen LogP) is 0.0832. The van der Waals surface area contributed by atoms with E-state index in [2.05, 4.69) is 10.2 Å². The van der Waals surface area contributed by atoms with Crippen molar-refractivity contribution < 1.29 is 13.2 Å². The molecule has 0 radical (unpaired) electrons. The van der Waals surface area contributed by atoms with E-state index in [9.17, 15) is 13.2 Å². The standard InChI is InChI=1S/C8H10N2O3S/c1-5(11)8-6-2-3-14(12,13)4-7(6)9-10-8/h2-4H2,1H3,(H,9,10). The van der Waals surface area contributed by atoms with E-state index >= 15 is 0 Å². The molecule has 2 rings (SSSR count). The number of Topliss-reactive ketones (excluding diaryl/α,β-unsaturated/α-hetero) is 1. The zero-order valence-corrected chi connectivity index (χ0v) is 8.52. The Bertz CT molecular complexity index is 487. The number of nitrogens with zero attached hydrogens (tertiary/aromatic N) is 1. The second-order valence-electron chi connectivity index (χ2n) is 3.43. The molecule has 5 nitrogen and oxygen atoms in total. The Hall–Kier alpha value is -1.17. The van der Waals surface area contributed by atoms with E-state index in [-0.39, 0.29) is 17.3 Å². The van der Waals surface area contributed by atoms with Gasteiger partial charge < -0.3 is 0 Å². The Morgan fingerprint density at radius 2 is 2.21 bits per heavy atom. The third-order valence-corrected chi connectivity index (χ3v) is 3.87. The van der Waals surface area contributed by atoms with Gasteiger partial charge in [0.1, 0.15) is 5.69 Å². The van der Waals surface area contributed by atoms with Crippen molar-refractivity contribution in [2.45, 2.75) is 19.1 Å². The van der Waals surface area contributed by atoms with Crippen molar-refractivity contribution in [3.8, 4) is 0 Å². The fourth-order valence-corrected chi connectivity index (χ4v) is 2.97. The van der Waals surface area contributed by atoms with Crippen LogP contribution in [-0.2, 0) is 22.0 Å². The maximum absolute atomic E-state index is 11.3. The van der Waals surface area contributed by atoms with Gasteiger partial charge in [-0.15, -0.1) is 0 Å². The number of carbonyl (C=O) groups is 1. The van der Waals surface area contributed by atoms with Crippen molar-refractivity contribution >= 4 is 15.6 Å². The summed E-state index contributed by atoms with van der Waals surface area (Å²) in [6.07, 6.45) is 0.392. The van der Waals surface area contributed by atoms with Crippen LogP contribution in [0.15, 0.2) is 0 Å². The van der Waals surface area contributed by atoms with Crippen molar-refractivity contribution in [1.29, 1.82) is 0 Å². The number of hydrogen-bond donors (Lipinski definition) is 1. The molecule has 0 amide bonds. The highest BCUT2D eigenvalue weighted by Crippen LogP contribution is 2.21. The number of nitrogens with one attached hydrogen (secondary N) is 1. The first-order chi connectivity index (χ1) is 6.49. The number of ketones is 1. The molecule has 2 heterocycles. The molecule has 0 fully saturated rings. The molecule has 1 aliphatic rings. The van der Waals surface area contributed by atoms with Crippen LogP contribution in [0, 0.1) is 0 Å². The SMILES string of the molecule is CC(=O)c1n[nH]c2c1CCS(=O)(=O)C2. The highest BCUT2D eigenvalue weighted by Gasteiger charge is 2.26. The average Bonchev–Trinajstić information content (AvgIpc) is 2.44. The van der Waals surface area contributed by atoms with E-state index in [1.54, 1.807) is 0 Å². The fourth-order valence-electron chi connectivity index (χ4n) is 1.63. The molecular weight excluding hydrogens is 204 g/mol. The molecule has 0 spiro atoms. The van der Waals surface area contributed by atoms with E-state index in [1.165, 1.54) is 6.92 Å². The van der Waals surface area contributed by atoms with Crippen molar-refractivity contribution in [1.82, 2.24) is 10.2 Å². The first-order valence-corrected chi connectivity index (χ1v) is 6.09. The van der Waals surface area contributed by atoms with Crippen LogP contribution in [-0.4, -0.2) is 30.2 Å². The van der Waals surface area contributed by atoms with Crippen molar-refractivity contribution in [3.05, 3.63) is 17.0 Å². The van der Waals surface area contributed by atoms with Crippen LogP contribution >= 0.6 is 0 Å². The maximum Gasteiger partial charge on any atom is 0.180 e. The van der Waals surface area contributed by atoms with E-state index in [4.69, 9.17) is 0 Å². The van der Waals surface area contributed by atoms with Gasteiger partial charge in [-0.25, -0.2) is 8.42 Å². The molecule has 0 unspecified atom stereocenters. The monoisotopic (exact) mass is 214 g/mol. The maximum atomic E-state index is 11.3. The van der Waals surface area contributed by atoms with Gasteiger partial charge in [-0.2, -0.15) is 5.10 Å². The van der Waals surface area contributed by atoms with Gasteiger partial charge in [0.05, 0.1) is 17.2 Å². The average molecular weight is 214 g/mol. The van der Waals surface area contributed by atoms with Gasteiger partial charge in [-0.1, -0.05) is 0 Å². The van der Waals surface area contributed by atoms with Crippen LogP contribution in [0.4, 0.5) is 0 Å². The molecule has 76 valence electrons. The van der Waals surface area contributed by atoms with E-state index in [1.807, 2.05) is 0 Å². The minimum absolute atomic E-state index is 0.0252. The largest absolute Gasteiger partial charge is 0.293 e. The first kappa shape index (κ1) is 9.39. The molecular formula is C8H10N2O3S. The number of rotatable bonds is 1. The van der Waals surface area contributed by atoms with Crippen LogP contribution in [0.1, 0.15) is 28.7 Å². The molecule has 0 aromatic carbocycles. The Balaban J connectivity index is 2.49. The molecule has 1 aromatic heterocycles. The topological polar surface area (TPSA) is 79.9 Å². The summed E-state index contributed by atoms with van der Waals surface area (Å²) in [6.45, 7) is 1.43. The van der Waals surface area contributed by atoms with Crippen LogP contribution < -0.4 is 0 Å². The van der Waals surface area contributed by atoms with Crippen molar-refractivity contribution in [2.24, 2.45) is 0 Å². The fraction of sp³-hybridized carbons (Fsp3) is 0.500. The quantitative estimate of drug-likeness (QED) is 0.671. The highest BCUT2D eigenvalue weighted by molar-refractivity contribution is 7.90. The molecule has 6 heteroatoms. The molecule has 0 bridgehead atoms. The van der Waals surface area contributed by atoms with Crippen LogP contribution in [0.5, 0.6) is 0 Å². The molecule has 14 heavy (non-hydrogen) atoms. The number of carbonyl (C=O) groups excluding carboxylic acids is 1.